The quantitative estimate of drug-likeness (QED) is 0.0146. The Morgan fingerprint density at radius 2 is 0.916 bits per heavy atom. The SMILES string of the molecule is C=C(C)C(=O)NCCCNC(=O)c1cc(-c2cc[n+](Cc3ccccc3O[B]O)cc2)c[n+](Cc2ccccc2O[B]O)c1.C=C(C)C(=O)NCc1cc(-c2ccc[n+](Cc3cccc(C[n+]4cccc(O[B]O)c4)c3)c2)c[n+](Cc2cccc(C[n+]3cccc(C)c3)c2)c1. The Kier molecular flexibility index (Phi) is 25.0. The second kappa shape index (κ2) is 34.7. The van der Waals surface area contributed by atoms with Gasteiger partial charge in [0.25, 0.3) is 5.91 Å². The molecule has 10 rings (SSSR count). The first-order valence-corrected chi connectivity index (χ1v) is 31.0. The van der Waals surface area contributed by atoms with Crippen LogP contribution in [0.3, 0.4) is 0 Å². The van der Waals surface area contributed by atoms with Gasteiger partial charge in [-0.3, -0.25) is 14.4 Å². The van der Waals surface area contributed by atoms with E-state index in [0.29, 0.717) is 116 Å². The number of nitrogens with one attached hydrogen (secondary N) is 3. The molecule has 6 heterocycles. The summed E-state index contributed by atoms with van der Waals surface area (Å²) in [6.07, 6.45) is 24.8. The zero-order chi connectivity index (χ0) is 66.9. The first-order chi connectivity index (χ1) is 46.2. The summed E-state index contributed by atoms with van der Waals surface area (Å²) in [5, 5.41) is 36.0. The molecule has 6 aromatic heterocycles. The van der Waals surface area contributed by atoms with E-state index in [0.717, 1.165) is 51.1 Å². The Morgan fingerprint density at radius 3 is 1.51 bits per heavy atom. The van der Waals surface area contributed by atoms with E-state index in [1.165, 1.54) is 22.3 Å². The van der Waals surface area contributed by atoms with Crippen LogP contribution in [0, 0.1) is 6.92 Å². The molecule has 0 fully saturated rings. The topological polar surface area (TPSA) is 199 Å². The molecule has 0 bridgehead atoms. The summed E-state index contributed by atoms with van der Waals surface area (Å²) in [6, 6.07) is 52.0. The van der Waals surface area contributed by atoms with Crippen LogP contribution in [0.2, 0.25) is 0 Å². The largest absolute Gasteiger partial charge is 0.569 e. The molecule has 4 aromatic carbocycles. The average Bonchev–Trinajstić information content (AvgIpc) is 0.879. The number of para-hydroxylation sites is 2. The number of nitrogens with zero attached hydrogens (tertiary/aromatic N) is 6. The number of rotatable bonds is 29. The van der Waals surface area contributed by atoms with Crippen molar-refractivity contribution in [3.63, 3.8) is 0 Å². The lowest BCUT2D eigenvalue weighted by molar-refractivity contribution is -0.690. The number of carbonyl (C=O) groups excluding carboxylic acids is 3. The number of pyridine rings is 6. The van der Waals surface area contributed by atoms with Gasteiger partial charge in [0, 0.05) is 100 Å². The monoisotopic (exact) mass is 1270 g/mol. The van der Waals surface area contributed by atoms with Gasteiger partial charge in [0.15, 0.2) is 113 Å². The van der Waals surface area contributed by atoms with Gasteiger partial charge in [-0.05, 0) is 99.5 Å². The minimum Gasteiger partial charge on any atom is -0.537 e. The maximum absolute atomic E-state index is 13.2. The Labute approximate surface area is 556 Å². The van der Waals surface area contributed by atoms with Crippen LogP contribution in [0.15, 0.2) is 256 Å². The molecule has 0 spiro atoms. The molecule has 0 saturated heterocycles. The molecule has 0 aliphatic rings. The number of benzene rings is 4. The number of carbonyl (C=O) groups is 3. The van der Waals surface area contributed by atoms with Gasteiger partial charge in [-0.25, -0.2) is 13.7 Å². The van der Waals surface area contributed by atoms with Crippen molar-refractivity contribution in [2.45, 2.75) is 73.0 Å². The van der Waals surface area contributed by atoms with E-state index in [9.17, 15) is 19.4 Å². The Morgan fingerprint density at radius 1 is 0.421 bits per heavy atom. The molecule has 0 aliphatic carbocycles. The van der Waals surface area contributed by atoms with E-state index in [1.54, 1.807) is 38.2 Å². The van der Waals surface area contributed by atoms with E-state index in [-0.39, 0.29) is 17.7 Å². The van der Waals surface area contributed by atoms with Gasteiger partial charge in [0.2, 0.25) is 18.0 Å². The zero-order valence-corrected chi connectivity index (χ0v) is 53.6. The van der Waals surface area contributed by atoms with Crippen LogP contribution < -0.4 is 57.3 Å². The number of aromatic nitrogens is 6. The third-order valence-corrected chi connectivity index (χ3v) is 15.2. The van der Waals surface area contributed by atoms with Crippen LogP contribution in [0.1, 0.15) is 75.1 Å². The van der Waals surface area contributed by atoms with Gasteiger partial charge in [-0.1, -0.05) is 73.8 Å². The lowest BCUT2D eigenvalue weighted by Gasteiger charge is -2.10. The summed E-state index contributed by atoms with van der Waals surface area (Å²) >= 11 is 0. The summed E-state index contributed by atoms with van der Waals surface area (Å²) in [7, 11) is 2.00. The summed E-state index contributed by atoms with van der Waals surface area (Å²) in [5.41, 5.74) is 14.0. The van der Waals surface area contributed by atoms with Gasteiger partial charge in [-0.15, -0.1) is 0 Å². The molecule has 3 radical (unpaired) electrons. The van der Waals surface area contributed by atoms with Crippen LogP contribution in [0.5, 0.6) is 17.2 Å². The van der Waals surface area contributed by atoms with Crippen molar-refractivity contribution >= 4 is 40.8 Å². The van der Waals surface area contributed by atoms with Crippen molar-refractivity contribution in [2.75, 3.05) is 13.1 Å². The van der Waals surface area contributed by atoms with Gasteiger partial charge in [0.05, 0.1) is 22.3 Å². The first kappa shape index (κ1) is 68.5. The highest BCUT2D eigenvalue weighted by Gasteiger charge is 2.21. The van der Waals surface area contributed by atoms with Crippen molar-refractivity contribution < 1.29 is 70.8 Å². The molecule has 0 unspecified atom stereocenters. The van der Waals surface area contributed by atoms with Crippen LogP contribution in [0.25, 0.3) is 22.3 Å². The lowest BCUT2D eigenvalue weighted by Crippen LogP contribution is -2.37. The van der Waals surface area contributed by atoms with Crippen molar-refractivity contribution in [2.24, 2.45) is 0 Å². The standard InChI is InChI=1S/C42H42BN5O3.C32H32B2N4O6/c1-32(2)42(49)44-22-38-21-40(30-48(28-38)27-37-13-5-10-34(20-37)24-45-16-6-9-33(3)23-45)39-14-7-17-46(29-39)25-35-11-4-12-36(19-35)26-47-18-8-15-41(31-47)51-43-50;1-23(2)31(39)35-14-7-15-36-32(40)28-18-27(21-38(22-28)20-26-9-4-6-11-30(26)44-34-42)24-12-16-37(17-13-24)19-25-8-3-5-10-29(25)43-33-41/h4-21,23,28-31,50H,1,22,24-27H2,2-3H3;3-6,8-13,16-18,21-22,41-42H,1,7,14-15,19-20H2,2H3/q+3;/p+3. The van der Waals surface area contributed by atoms with Crippen molar-refractivity contribution in [1.29, 1.82) is 0 Å². The first-order valence-electron chi connectivity index (χ1n) is 31.0. The van der Waals surface area contributed by atoms with Gasteiger partial charge in [-0.2, -0.15) is 13.7 Å². The molecule has 95 heavy (non-hydrogen) atoms. The predicted octanol–water partition coefficient (Wildman–Crippen LogP) is 5.75. The highest BCUT2D eigenvalue weighted by Crippen LogP contribution is 2.23. The number of hydrogen-bond acceptors (Lipinski definition) is 9. The second-order valence-corrected chi connectivity index (χ2v) is 23.0. The molecule has 10 aromatic rings. The number of aryl methyl sites for hydroxylation is 1. The van der Waals surface area contributed by atoms with E-state index >= 15 is 0 Å². The Balaban J connectivity index is 0.000000226. The van der Waals surface area contributed by atoms with Crippen molar-refractivity contribution in [3.05, 3.63) is 306 Å². The minimum atomic E-state index is -0.247. The molecule has 3 amide bonds. The molecule has 0 atom stereocenters. The number of amides is 3. The Hall–Kier alpha value is -10.9. The minimum absolute atomic E-state index is 0.156. The van der Waals surface area contributed by atoms with Crippen LogP contribution in [-0.4, -0.2) is 68.9 Å². The highest BCUT2D eigenvalue weighted by molar-refractivity contribution is 6.17. The maximum atomic E-state index is 13.2. The zero-order valence-electron chi connectivity index (χ0n) is 53.6. The smallest absolute Gasteiger partial charge is 0.537 e. The van der Waals surface area contributed by atoms with E-state index in [1.807, 2.05) is 105 Å². The lowest BCUT2D eigenvalue weighted by atomic mass is 10.1. The molecule has 21 heteroatoms. The molecule has 0 aliphatic heterocycles. The second-order valence-electron chi connectivity index (χ2n) is 23.0. The van der Waals surface area contributed by atoms with E-state index in [4.69, 9.17) is 24.0 Å². The fourth-order valence-corrected chi connectivity index (χ4v) is 10.7. The fourth-order valence-electron chi connectivity index (χ4n) is 10.7. The van der Waals surface area contributed by atoms with Gasteiger partial charge < -0.3 is 45.0 Å². The molecule has 0 saturated carbocycles. The molecular formula is C74H77B3N9O9+6. The van der Waals surface area contributed by atoms with E-state index < -0.39 is 0 Å². The summed E-state index contributed by atoms with van der Waals surface area (Å²) in [5.74, 6) is 1.02. The number of hydrogen-bond donors (Lipinski definition) is 6. The molecule has 18 nitrogen and oxygen atoms in total. The molecule has 6 N–H and O–H groups in total. The van der Waals surface area contributed by atoms with Gasteiger partial charge >= 0.3 is 23.1 Å². The summed E-state index contributed by atoms with van der Waals surface area (Å²) in [6.45, 7) is 17.9. The van der Waals surface area contributed by atoms with Crippen LogP contribution >= 0.6 is 0 Å². The van der Waals surface area contributed by atoms with Crippen molar-refractivity contribution in [1.82, 2.24) is 16.0 Å². The predicted molar refractivity (Wildman–Crippen MR) is 360 cm³/mol. The third-order valence-electron chi connectivity index (χ3n) is 15.2. The normalized spacial score (nSPS) is 10.6. The fraction of sp³-hybridized carbons (Fsp3) is 0.176. The summed E-state index contributed by atoms with van der Waals surface area (Å²) < 4.78 is 28.1. The summed E-state index contributed by atoms with van der Waals surface area (Å²) in [4.78, 5) is 37.3. The Bertz CT molecular complexity index is 4310. The van der Waals surface area contributed by atoms with E-state index in [2.05, 4.69) is 166 Å². The van der Waals surface area contributed by atoms with Crippen molar-refractivity contribution in [3.8, 4) is 39.5 Å². The maximum Gasteiger partial charge on any atom is 0.569 e. The molecular weight excluding hydrogens is 1190 g/mol. The third kappa shape index (κ3) is 21.1. The van der Waals surface area contributed by atoms with Crippen LogP contribution in [0.4, 0.5) is 0 Å². The average molecular weight is 1270 g/mol. The molecule has 475 valence electrons. The van der Waals surface area contributed by atoms with Gasteiger partial charge in [0.1, 0.15) is 17.1 Å². The van der Waals surface area contributed by atoms with Crippen LogP contribution in [-0.2, 0) is 55.4 Å². The highest BCUT2D eigenvalue weighted by atomic mass is 16.5.